The topological polar surface area (TPSA) is 0 Å². The van der Waals surface area contributed by atoms with E-state index in [1.165, 1.54) is 29.8 Å². The minimum atomic E-state index is -1.51. The SMILES string of the molecule is CC=CCc1ccc(-c2ccc(-c3ccc4c(F)c(F)c(F)cc4c3)c(F)c2)cc1. The van der Waals surface area contributed by atoms with Crippen LogP contribution in [0.15, 0.2) is 78.9 Å². The molecule has 0 bridgehead atoms. The molecule has 0 saturated carbocycles. The molecule has 0 aliphatic heterocycles. The zero-order chi connectivity index (χ0) is 21.3. The van der Waals surface area contributed by atoms with Crippen LogP contribution in [0.5, 0.6) is 0 Å². The molecule has 0 unspecified atom stereocenters. The van der Waals surface area contributed by atoms with Gasteiger partial charge in [-0.2, -0.15) is 0 Å². The van der Waals surface area contributed by atoms with Crippen LogP contribution in [0.3, 0.4) is 0 Å². The minimum Gasteiger partial charge on any atom is -0.206 e. The predicted molar refractivity (Wildman–Crippen MR) is 113 cm³/mol. The highest BCUT2D eigenvalue weighted by Crippen LogP contribution is 2.32. The predicted octanol–water partition coefficient (Wildman–Crippen LogP) is 7.85. The molecule has 0 N–H and O–H groups in total. The monoisotopic (exact) mass is 406 g/mol. The van der Waals surface area contributed by atoms with Crippen LogP contribution in [0, 0.1) is 23.3 Å². The smallest absolute Gasteiger partial charge is 0.195 e. The van der Waals surface area contributed by atoms with Crippen molar-refractivity contribution in [1.82, 2.24) is 0 Å². The van der Waals surface area contributed by atoms with Crippen LogP contribution >= 0.6 is 0 Å². The van der Waals surface area contributed by atoms with Gasteiger partial charge >= 0.3 is 0 Å². The van der Waals surface area contributed by atoms with Crippen LogP contribution in [-0.2, 0) is 6.42 Å². The normalized spacial score (nSPS) is 11.5. The Morgan fingerprint density at radius 3 is 2.07 bits per heavy atom. The molecule has 150 valence electrons. The van der Waals surface area contributed by atoms with Crippen molar-refractivity contribution in [2.24, 2.45) is 0 Å². The Morgan fingerprint density at radius 2 is 1.37 bits per heavy atom. The van der Waals surface area contributed by atoms with E-state index in [1.807, 2.05) is 37.3 Å². The van der Waals surface area contributed by atoms with Gasteiger partial charge in [0.25, 0.3) is 0 Å². The van der Waals surface area contributed by atoms with E-state index in [0.29, 0.717) is 11.1 Å². The van der Waals surface area contributed by atoms with Crippen molar-refractivity contribution in [1.29, 1.82) is 0 Å². The molecule has 0 radical (unpaired) electrons. The highest BCUT2D eigenvalue weighted by molar-refractivity contribution is 5.88. The molecule has 0 fully saturated rings. The fourth-order valence-corrected chi connectivity index (χ4v) is 3.49. The molecular weight excluding hydrogens is 388 g/mol. The van der Waals surface area contributed by atoms with Gasteiger partial charge in [0, 0.05) is 10.9 Å². The second kappa shape index (κ2) is 8.15. The third-order valence-corrected chi connectivity index (χ3v) is 5.13. The van der Waals surface area contributed by atoms with Crippen molar-refractivity contribution in [2.75, 3.05) is 0 Å². The van der Waals surface area contributed by atoms with Crippen molar-refractivity contribution >= 4 is 10.8 Å². The molecule has 30 heavy (non-hydrogen) atoms. The van der Waals surface area contributed by atoms with E-state index in [2.05, 4.69) is 6.08 Å². The van der Waals surface area contributed by atoms with Crippen LogP contribution < -0.4 is 0 Å². The molecule has 4 aromatic rings. The summed E-state index contributed by atoms with van der Waals surface area (Å²) in [6.07, 6.45) is 4.91. The van der Waals surface area contributed by atoms with Gasteiger partial charge in [-0.25, -0.2) is 17.6 Å². The summed E-state index contributed by atoms with van der Waals surface area (Å²) in [6.45, 7) is 1.97. The van der Waals surface area contributed by atoms with Gasteiger partial charge in [-0.3, -0.25) is 0 Å². The number of hydrogen-bond donors (Lipinski definition) is 0. The van der Waals surface area contributed by atoms with Gasteiger partial charge in [0.1, 0.15) is 5.82 Å². The fourth-order valence-electron chi connectivity index (χ4n) is 3.49. The van der Waals surface area contributed by atoms with Crippen LogP contribution in [-0.4, -0.2) is 0 Å². The zero-order valence-corrected chi connectivity index (χ0v) is 16.2. The first-order chi connectivity index (χ1) is 14.5. The quantitative estimate of drug-likeness (QED) is 0.184. The summed E-state index contributed by atoms with van der Waals surface area (Å²) in [6, 6.07) is 18.0. The minimum absolute atomic E-state index is 0.0484. The van der Waals surface area contributed by atoms with E-state index < -0.39 is 23.3 Å². The van der Waals surface area contributed by atoms with Crippen molar-refractivity contribution in [3.63, 3.8) is 0 Å². The zero-order valence-electron chi connectivity index (χ0n) is 16.2. The van der Waals surface area contributed by atoms with Gasteiger partial charge < -0.3 is 0 Å². The molecule has 4 heteroatoms. The van der Waals surface area contributed by atoms with Gasteiger partial charge in [0.15, 0.2) is 17.5 Å². The average molecular weight is 406 g/mol. The van der Waals surface area contributed by atoms with Crippen molar-refractivity contribution in [3.05, 3.63) is 108 Å². The summed E-state index contributed by atoms with van der Waals surface area (Å²) in [5, 5.41) is 0.122. The lowest BCUT2D eigenvalue weighted by Gasteiger charge is -2.09. The molecule has 0 atom stereocenters. The molecule has 0 aliphatic carbocycles. The van der Waals surface area contributed by atoms with Crippen LogP contribution in [0.2, 0.25) is 0 Å². The molecule has 0 aliphatic rings. The van der Waals surface area contributed by atoms with Gasteiger partial charge in [0.05, 0.1) is 0 Å². The van der Waals surface area contributed by atoms with E-state index in [1.54, 1.807) is 12.1 Å². The van der Waals surface area contributed by atoms with Gasteiger partial charge in [-0.05, 0) is 59.2 Å². The maximum absolute atomic E-state index is 14.9. The molecule has 4 rings (SSSR count). The third-order valence-electron chi connectivity index (χ3n) is 5.13. The van der Waals surface area contributed by atoms with E-state index in [4.69, 9.17) is 0 Å². The molecule has 0 nitrogen and oxygen atoms in total. The summed E-state index contributed by atoms with van der Waals surface area (Å²) in [5.74, 6) is -4.48. The second-order valence-electron chi connectivity index (χ2n) is 7.09. The van der Waals surface area contributed by atoms with E-state index in [9.17, 15) is 17.6 Å². The highest BCUT2D eigenvalue weighted by atomic mass is 19.2. The summed E-state index contributed by atoms with van der Waals surface area (Å²) in [7, 11) is 0. The Bertz CT molecular complexity index is 1250. The molecule has 0 spiro atoms. The van der Waals surface area contributed by atoms with Gasteiger partial charge in [0.2, 0.25) is 0 Å². The average Bonchev–Trinajstić information content (AvgIpc) is 2.76. The van der Waals surface area contributed by atoms with E-state index in [-0.39, 0.29) is 10.8 Å². The number of halogens is 4. The van der Waals surface area contributed by atoms with Crippen molar-refractivity contribution in [2.45, 2.75) is 13.3 Å². The van der Waals surface area contributed by atoms with Crippen molar-refractivity contribution < 1.29 is 17.6 Å². The number of rotatable bonds is 4. The lowest BCUT2D eigenvalue weighted by molar-refractivity contribution is 0.453. The number of fused-ring (bicyclic) bond motifs is 1. The summed E-state index contributed by atoms with van der Waals surface area (Å²) in [5.41, 5.74) is 3.55. The van der Waals surface area contributed by atoms with E-state index in [0.717, 1.165) is 23.6 Å². The van der Waals surface area contributed by atoms with Crippen LogP contribution in [0.25, 0.3) is 33.0 Å². The molecule has 0 aromatic heterocycles. The molecule has 4 aromatic carbocycles. The van der Waals surface area contributed by atoms with Gasteiger partial charge in [-0.1, -0.05) is 60.7 Å². The van der Waals surface area contributed by atoms with Crippen LogP contribution in [0.4, 0.5) is 17.6 Å². The molecular formula is C26H18F4. The first kappa shape index (κ1) is 19.9. The second-order valence-corrected chi connectivity index (χ2v) is 7.09. The largest absolute Gasteiger partial charge is 0.206 e. The van der Waals surface area contributed by atoms with Crippen LogP contribution in [0.1, 0.15) is 12.5 Å². The highest BCUT2D eigenvalue weighted by Gasteiger charge is 2.15. The Labute approximate surface area is 172 Å². The summed E-state index contributed by atoms with van der Waals surface area (Å²) >= 11 is 0. The van der Waals surface area contributed by atoms with E-state index >= 15 is 0 Å². The Kier molecular flexibility index (Phi) is 5.40. The standard InChI is InChI=1S/C26H18F4/c1-2-3-4-16-5-7-17(8-6-16)18-9-11-21(23(27)14-18)19-10-12-22-20(13-19)15-24(28)26(30)25(22)29/h2-3,5-15H,4H2,1H3. The lowest BCUT2D eigenvalue weighted by atomic mass is 9.97. The maximum atomic E-state index is 14.9. The molecule has 0 heterocycles. The fraction of sp³-hybridized carbons (Fsp3) is 0.0769. The maximum Gasteiger partial charge on any atom is 0.195 e. The lowest BCUT2D eigenvalue weighted by Crippen LogP contribution is -1.93. The third kappa shape index (κ3) is 3.73. The summed E-state index contributed by atoms with van der Waals surface area (Å²) in [4.78, 5) is 0. The first-order valence-corrected chi connectivity index (χ1v) is 9.55. The molecule has 0 amide bonds. The Hall–Kier alpha value is -3.40. The Morgan fingerprint density at radius 1 is 0.667 bits per heavy atom. The summed E-state index contributed by atoms with van der Waals surface area (Å²) < 4.78 is 55.8. The first-order valence-electron chi connectivity index (χ1n) is 9.55. The van der Waals surface area contributed by atoms with Gasteiger partial charge in [-0.15, -0.1) is 0 Å². The number of benzene rings is 4. The number of allylic oxidation sites excluding steroid dienone is 2. The molecule has 0 saturated heterocycles. The number of hydrogen-bond acceptors (Lipinski definition) is 0. The van der Waals surface area contributed by atoms with Crippen molar-refractivity contribution in [3.8, 4) is 22.3 Å². The Balaban J connectivity index is 1.69.